The molecule has 0 fully saturated rings. The summed E-state index contributed by atoms with van der Waals surface area (Å²) in [6.07, 6.45) is 0.787. The van der Waals surface area contributed by atoms with E-state index in [0.717, 1.165) is 12.8 Å². The van der Waals surface area contributed by atoms with Crippen molar-refractivity contribution in [1.29, 1.82) is 0 Å². The third-order valence-electron chi connectivity index (χ3n) is 3.48. The van der Waals surface area contributed by atoms with E-state index in [9.17, 15) is 13.2 Å². The second-order valence-corrected chi connectivity index (χ2v) is 7.08. The van der Waals surface area contributed by atoms with E-state index in [2.05, 4.69) is 34.6 Å². The minimum atomic E-state index is -4.01. The minimum absolute atomic E-state index is 0.00247. The number of hydrogen-bond donors (Lipinski definition) is 0. The summed E-state index contributed by atoms with van der Waals surface area (Å²) < 4.78 is 36.4. The maximum atomic E-state index is 12.1. The Labute approximate surface area is 110 Å². The average molecular weight is 266 g/mol. The van der Waals surface area contributed by atoms with E-state index in [1.165, 1.54) is 12.8 Å². The van der Waals surface area contributed by atoms with E-state index in [4.69, 9.17) is 0 Å². The van der Waals surface area contributed by atoms with Gasteiger partial charge in [0.15, 0.2) is 0 Å². The summed E-state index contributed by atoms with van der Waals surface area (Å²) in [7, 11) is 0. The summed E-state index contributed by atoms with van der Waals surface area (Å²) in [5.41, 5.74) is 0.236. The fourth-order valence-corrected chi connectivity index (χ4v) is 2.89. The lowest BCUT2D eigenvalue weighted by Crippen LogP contribution is -2.23. The lowest BCUT2D eigenvalue weighted by molar-refractivity contribution is -0.136. The predicted octanol–water partition coefficient (Wildman–Crippen LogP) is 6.35. The van der Waals surface area contributed by atoms with Crippen LogP contribution in [0.5, 0.6) is 0 Å². The van der Waals surface area contributed by atoms with Crippen molar-refractivity contribution < 1.29 is 13.2 Å². The zero-order chi connectivity index (χ0) is 14.4. The first-order chi connectivity index (χ1) is 7.97. The summed E-state index contributed by atoms with van der Waals surface area (Å²) in [6, 6.07) is 0. The molecule has 0 radical (unpaired) electrons. The molecular weight excluding hydrogens is 237 g/mol. The van der Waals surface area contributed by atoms with Gasteiger partial charge in [-0.2, -0.15) is 13.2 Å². The van der Waals surface area contributed by atoms with E-state index in [1.54, 1.807) is 0 Å². The summed E-state index contributed by atoms with van der Waals surface area (Å²) in [5, 5.41) is 0. The molecule has 0 saturated heterocycles. The molecular formula is C15H29F3. The standard InChI is InChI=1S/C15H29F3/c1-6-7-9-13(2,3)12-14(4,5)10-8-11-15(16,17)18/h6-12H2,1-5H3. The van der Waals surface area contributed by atoms with Crippen LogP contribution in [0.25, 0.3) is 0 Å². The van der Waals surface area contributed by atoms with Gasteiger partial charge in [0, 0.05) is 6.42 Å². The van der Waals surface area contributed by atoms with Crippen molar-refractivity contribution >= 4 is 0 Å². The molecule has 0 N–H and O–H groups in total. The molecule has 0 aliphatic heterocycles. The summed E-state index contributed by atoms with van der Waals surface area (Å²) >= 11 is 0. The molecule has 0 aromatic rings. The summed E-state index contributed by atoms with van der Waals surface area (Å²) in [4.78, 5) is 0. The van der Waals surface area contributed by atoms with Crippen LogP contribution in [-0.4, -0.2) is 6.18 Å². The SMILES string of the molecule is CCCCC(C)(C)CC(C)(C)CCCC(F)(F)F. The molecule has 18 heavy (non-hydrogen) atoms. The predicted molar refractivity (Wildman–Crippen MR) is 71.6 cm³/mol. The number of halogens is 3. The normalized spacial score (nSPS) is 14.0. The zero-order valence-electron chi connectivity index (χ0n) is 12.6. The maximum absolute atomic E-state index is 12.1. The fraction of sp³-hybridized carbons (Fsp3) is 1.00. The molecule has 0 nitrogen and oxygen atoms in total. The van der Waals surface area contributed by atoms with Crippen LogP contribution in [0.3, 0.4) is 0 Å². The van der Waals surface area contributed by atoms with Crippen LogP contribution in [0, 0.1) is 10.8 Å². The molecule has 110 valence electrons. The quantitative estimate of drug-likeness (QED) is 0.480. The van der Waals surface area contributed by atoms with Crippen molar-refractivity contribution in [3.05, 3.63) is 0 Å². The molecule has 0 spiro atoms. The number of unbranched alkanes of at least 4 members (excludes halogenated alkanes) is 1. The van der Waals surface area contributed by atoms with Gasteiger partial charge in [-0.15, -0.1) is 0 Å². The molecule has 0 rings (SSSR count). The Morgan fingerprint density at radius 3 is 1.56 bits per heavy atom. The van der Waals surface area contributed by atoms with Crippen molar-refractivity contribution in [2.24, 2.45) is 10.8 Å². The topological polar surface area (TPSA) is 0 Å². The second-order valence-electron chi connectivity index (χ2n) is 7.08. The number of rotatable bonds is 8. The van der Waals surface area contributed by atoms with Gasteiger partial charge in [-0.3, -0.25) is 0 Å². The van der Waals surface area contributed by atoms with Crippen LogP contribution in [0.1, 0.15) is 79.6 Å². The highest BCUT2D eigenvalue weighted by Gasteiger charge is 2.31. The molecule has 0 bridgehead atoms. The van der Waals surface area contributed by atoms with Gasteiger partial charge in [-0.05, 0) is 36.5 Å². The molecule has 0 aromatic carbocycles. The largest absolute Gasteiger partial charge is 0.389 e. The average Bonchev–Trinajstić information content (AvgIpc) is 2.10. The molecule has 3 heteroatoms. The van der Waals surface area contributed by atoms with Crippen molar-refractivity contribution in [3.8, 4) is 0 Å². The molecule has 0 amide bonds. The smallest absolute Gasteiger partial charge is 0.171 e. The van der Waals surface area contributed by atoms with Crippen LogP contribution >= 0.6 is 0 Å². The number of hydrogen-bond acceptors (Lipinski definition) is 0. The second kappa shape index (κ2) is 6.81. The van der Waals surface area contributed by atoms with Gasteiger partial charge in [0.25, 0.3) is 0 Å². The highest BCUT2D eigenvalue weighted by Crippen LogP contribution is 2.40. The Kier molecular flexibility index (Phi) is 6.73. The number of alkyl halides is 3. The van der Waals surface area contributed by atoms with Gasteiger partial charge in [0.2, 0.25) is 0 Å². The van der Waals surface area contributed by atoms with Crippen LogP contribution in [-0.2, 0) is 0 Å². The third kappa shape index (κ3) is 9.78. The molecule has 0 unspecified atom stereocenters. The Balaban J connectivity index is 4.12. The van der Waals surface area contributed by atoms with Crippen molar-refractivity contribution in [1.82, 2.24) is 0 Å². The maximum Gasteiger partial charge on any atom is 0.389 e. The minimum Gasteiger partial charge on any atom is -0.171 e. The lowest BCUT2D eigenvalue weighted by atomic mass is 9.70. The molecule has 0 aromatic heterocycles. The van der Waals surface area contributed by atoms with E-state index in [1.807, 2.05) is 0 Å². The first kappa shape index (κ1) is 17.8. The van der Waals surface area contributed by atoms with Gasteiger partial charge in [0.1, 0.15) is 0 Å². The van der Waals surface area contributed by atoms with Crippen molar-refractivity contribution in [3.63, 3.8) is 0 Å². The Morgan fingerprint density at radius 1 is 0.722 bits per heavy atom. The van der Waals surface area contributed by atoms with Crippen molar-refractivity contribution in [2.45, 2.75) is 85.7 Å². The highest BCUT2D eigenvalue weighted by molar-refractivity contribution is 4.79. The van der Waals surface area contributed by atoms with Crippen LogP contribution in [0.2, 0.25) is 0 Å². The molecule has 0 atom stereocenters. The van der Waals surface area contributed by atoms with Gasteiger partial charge in [-0.25, -0.2) is 0 Å². The van der Waals surface area contributed by atoms with Crippen LogP contribution < -0.4 is 0 Å². The van der Waals surface area contributed by atoms with Gasteiger partial charge in [-0.1, -0.05) is 47.5 Å². The monoisotopic (exact) mass is 266 g/mol. The van der Waals surface area contributed by atoms with Gasteiger partial charge < -0.3 is 0 Å². The van der Waals surface area contributed by atoms with Crippen LogP contribution in [0.4, 0.5) is 13.2 Å². The fourth-order valence-electron chi connectivity index (χ4n) is 2.89. The Bertz CT molecular complexity index is 226. The third-order valence-corrected chi connectivity index (χ3v) is 3.48. The Hall–Kier alpha value is -0.210. The van der Waals surface area contributed by atoms with Gasteiger partial charge >= 0.3 is 6.18 Å². The molecule has 0 aliphatic carbocycles. The van der Waals surface area contributed by atoms with E-state index < -0.39 is 12.6 Å². The van der Waals surface area contributed by atoms with Crippen LogP contribution in [0.15, 0.2) is 0 Å². The summed E-state index contributed by atoms with van der Waals surface area (Å²) in [5.74, 6) is 0. The van der Waals surface area contributed by atoms with E-state index in [-0.39, 0.29) is 17.3 Å². The molecule has 0 heterocycles. The lowest BCUT2D eigenvalue weighted by Gasteiger charge is -2.35. The molecule has 0 saturated carbocycles. The zero-order valence-corrected chi connectivity index (χ0v) is 12.6. The first-order valence-electron chi connectivity index (χ1n) is 7.04. The van der Waals surface area contributed by atoms with Crippen molar-refractivity contribution in [2.75, 3.05) is 0 Å². The summed E-state index contributed by atoms with van der Waals surface area (Å²) in [6.45, 7) is 10.8. The Morgan fingerprint density at radius 2 is 1.17 bits per heavy atom. The molecule has 0 aliphatic rings. The van der Waals surface area contributed by atoms with Gasteiger partial charge in [0.05, 0.1) is 0 Å². The highest BCUT2D eigenvalue weighted by atomic mass is 19.4. The first-order valence-corrected chi connectivity index (χ1v) is 7.04. The van der Waals surface area contributed by atoms with E-state index in [0.29, 0.717) is 6.42 Å². The van der Waals surface area contributed by atoms with E-state index >= 15 is 0 Å².